The molecule has 1 aromatic rings. The van der Waals surface area contributed by atoms with Crippen LogP contribution in [0.25, 0.3) is 0 Å². The van der Waals surface area contributed by atoms with Gasteiger partial charge in [-0.25, -0.2) is 8.78 Å². The van der Waals surface area contributed by atoms with Gasteiger partial charge in [0.2, 0.25) is 0 Å². The van der Waals surface area contributed by atoms with E-state index >= 15 is 0 Å². The lowest BCUT2D eigenvalue weighted by Gasteiger charge is -2.45. The number of ether oxygens (including phenoxy) is 1. The molecule has 1 unspecified atom stereocenters. The third-order valence-corrected chi connectivity index (χ3v) is 4.30. The molecule has 0 radical (unpaired) electrons. The van der Waals surface area contributed by atoms with Gasteiger partial charge in [-0.3, -0.25) is 16.2 Å². The van der Waals surface area contributed by atoms with Crippen LogP contribution in [0, 0.1) is 11.6 Å². The second-order valence-corrected chi connectivity index (χ2v) is 5.92. The van der Waals surface area contributed by atoms with Crippen molar-refractivity contribution in [2.75, 3.05) is 26.3 Å². The molecule has 1 heterocycles. The lowest BCUT2D eigenvalue weighted by molar-refractivity contribution is -0.0233. The van der Waals surface area contributed by atoms with Gasteiger partial charge in [0.15, 0.2) is 11.6 Å². The summed E-state index contributed by atoms with van der Waals surface area (Å²) >= 11 is 0. The normalized spacial score (nSPS) is 18.7. The number of nitrogens with two attached hydrogens (primary N) is 1. The van der Waals surface area contributed by atoms with Gasteiger partial charge in [-0.2, -0.15) is 0 Å². The van der Waals surface area contributed by atoms with Crippen molar-refractivity contribution in [1.29, 1.82) is 0 Å². The zero-order valence-electron chi connectivity index (χ0n) is 12.5. The van der Waals surface area contributed by atoms with Gasteiger partial charge in [0.1, 0.15) is 0 Å². The van der Waals surface area contributed by atoms with Gasteiger partial charge in [0.05, 0.1) is 13.2 Å². The van der Waals surface area contributed by atoms with Gasteiger partial charge in [0, 0.05) is 24.7 Å². The minimum Gasteiger partial charge on any atom is -0.379 e. The number of hydrogen-bond acceptors (Lipinski definition) is 4. The van der Waals surface area contributed by atoms with E-state index in [0.29, 0.717) is 19.6 Å². The molecule has 1 aromatic carbocycles. The van der Waals surface area contributed by atoms with E-state index in [1.165, 1.54) is 6.07 Å². The number of hydrazine groups is 1. The Morgan fingerprint density at radius 3 is 2.52 bits per heavy atom. The summed E-state index contributed by atoms with van der Waals surface area (Å²) in [6.07, 6.45) is 0.526. The standard InChI is InChI=1S/C15H23F2N3O/c1-15(2,20-5-7-21-8-6-20)14(19-18)10-11-3-4-12(16)13(17)9-11/h3-4,9,14,19H,5-8,10,18H2,1-2H3. The number of benzene rings is 1. The third kappa shape index (κ3) is 3.77. The molecule has 6 heteroatoms. The zero-order valence-corrected chi connectivity index (χ0v) is 12.5. The Morgan fingerprint density at radius 2 is 1.95 bits per heavy atom. The van der Waals surface area contributed by atoms with Crippen LogP contribution in [0.3, 0.4) is 0 Å². The molecule has 1 aliphatic heterocycles. The summed E-state index contributed by atoms with van der Waals surface area (Å²) in [6, 6.07) is 3.90. The quantitative estimate of drug-likeness (QED) is 0.638. The molecule has 0 spiro atoms. The molecule has 21 heavy (non-hydrogen) atoms. The van der Waals surface area contributed by atoms with Crippen molar-refractivity contribution in [3.8, 4) is 0 Å². The molecule has 1 fully saturated rings. The highest BCUT2D eigenvalue weighted by Crippen LogP contribution is 2.23. The average Bonchev–Trinajstić information content (AvgIpc) is 2.49. The second kappa shape index (κ2) is 6.79. The number of nitrogens with one attached hydrogen (secondary N) is 1. The van der Waals surface area contributed by atoms with Crippen LogP contribution in [0.2, 0.25) is 0 Å². The van der Waals surface area contributed by atoms with E-state index in [9.17, 15) is 8.78 Å². The van der Waals surface area contributed by atoms with Crippen LogP contribution in [-0.4, -0.2) is 42.8 Å². The maximum atomic E-state index is 13.3. The van der Waals surface area contributed by atoms with Crippen LogP contribution >= 0.6 is 0 Å². The first-order chi connectivity index (χ1) is 9.95. The maximum Gasteiger partial charge on any atom is 0.159 e. The number of halogens is 2. The zero-order chi connectivity index (χ0) is 15.5. The summed E-state index contributed by atoms with van der Waals surface area (Å²) in [6.45, 7) is 7.27. The fraction of sp³-hybridized carbons (Fsp3) is 0.600. The number of hydrogen-bond donors (Lipinski definition) is 2. The first kappa shape index (κ1) is 16.3. The number of morpholine rings is 1. The monoisotopic (exact) mass is 299 g/mol. The Bertz CT molecular complexity index is 476. The van der Waals surface area contributed by atoms with E-state index in [4.69, 9.17) is 10.6 Å². The minimum absolute atomic E-state index is 0.0829. The Hall–Kier alpha value is -1.08. The minimum atomic E-state index is -0.830. The van der Waals surface area contributed by atoms with Crippen molar-refractivity contribution in [2.45, 2.75) is 31.8 Å². The Labute approximate surface area is 124 Å². The van der Waals surface area contributed by atoms with Crippen molar-refractivity contribution < 1.29 is 13.5 Å². The van der Waals surface area contributed by atoms with Crippen molar-refractivity contribution in [2.24, 2.45) is 5.84 Å². The van der Waals surface area contributed by atoms with Crippen LogP contribution in [0.15, 0.2) is 18.2 Å². The van der Waals surface area contributed by atoms with Gasteiger partial charge in [0.25, 0.3) is 0 Å². The molecule has 0 aliphatic carbocycles. The maximum absolute atomic E-state index is 13.3. The Balaban J connectivity index is 2.12. The van der Waals surface area contributed by atoms with Gasteiger partial charge < -0.3 is 4.74 Å². The summed E-state index contributed by atoms with van der Waals surface area (Å²) in [5.41, 5.74) is 3.33. The largest absolute Gasteiger partial charge is 0.379 e. The second-order valence-electron chi connectivity index (χ2n) is 5.92. The van der Waals surface area contributed by atoms with Crippen LogP contribution in [0.1, 0.15) is 19.4 Å². The Morgan fingerprint density at radius 1 is 1.29 bits per heavy atom. The highest BCUT2D eigenvalue weighted by Gasteiger charge is 2.35. The SMILES string of the molecule is CC(C)(C(Cc1ccc(F)c(F)c1)NN)N1CCOCC1. The summed E-state index contributed by atoms with van der Waals surface area (Å²) in [4.78, 5) is 2.31. The molecule has 3 N–H and O–H groups in total. The lowest BCUT2D eigenvalue weighted by Crippen LogP contribution is -2.62. The van der Waals surface area contributed by atoms with Gasteiger partial charge in [-0.05, 0) is 38.0 Å². The first-order valence-electron chi connectivity index (χ1n) is 7.18. The predicted molar refractivity (Wildman–Crippen MR) is 77.6 cm³/mol. The third-order valence-electron chi connectivity index (χ3n) is 4.30. The highest BCUT2D eigenvalue weighted by atomic mass is 19.2. The molecule has 118 valence electrons. The number of nitrogens with zero attached hydrogens (tertiary/aromatic N) is 1. The first-order valence-corrected chi connectivity index (χ1v) is 7.18. The van der Waals surface area contributed by atoms with E-state index in [2.05, 4.69) is 24.2 Å². The van der Waals surface area contributed by atoms with Crippen LogP contribution in [0.4, 0.5) is 8.78 Å². The fourth-order valence-corrected chi connectivity index (χ4v) is 2.77. The molecule has 1 atom stereocenters. The molecule has 0 bridgehead atoms. The molecule has 1 aliphatic rings. The average molecular weight is 299 g/mol. The van der Waals surface area contributed by atoms with E-state index in [0.717, 1.165) is 24.7 Å². The summed E-state index contributed by atoms with van der Waals surface area (Å²) in [7, 11) is 0. The molecule has 0 aromatic heterocycles. The van der Waals surface area contributed by atoms with Gasteiger partial charge in [-0.15, -0.1) is 0 Å². The van der Waals surface area contributed by atoms with Crippen LogP contribution < -0.4 is 11.3 Å². The van der Waals surface area contributed by atoms with Crippen LogP contribution in [-0.2, 0) is 11.2 Å². The molecular formula is C15H23F2N3O. The molecular weight excluding hydrogens is 276 g/mol. The van der Waals surface area contributed by atoms with Crippen molar-refractivity contribution in [3.05, 3.63) is 35.4 Å². The molecule has 0 amide bonds. The predicted octanol–water partition coefficient (Wildman–Crippen LogP) is 1.45. The molecule has 0 saturated carbocycles. The van der Waals surface area contributed by atoms with Gasteiger partial charge in [-0.1, -0.05) is 6.07 Å². The molecule has 2 rings (SSSR count). The summed E-state index contributed by atoms with van der Waals surface area (Å²) < 4.78 is 31.7. The van der Waals surface area contributed by atoms with E-state index < -0.39 is 11.6 Å². The van der Waals surface area contributed by atoms with E-state index in [1.54, 1.807) is 6.07 Å². The van der Waals surface area contributed by atoms with E-state index in [-0.39, 0.29) is 11.6 Å². The topological polar surface area (TPSA) is 50.5 Å². The summed E-state index contributed by atoms with van der Waals surface area (Å²) in [5, 5.41) is 0. The number of rotatable bonds is 5. The lowest BCUT2D eigenvalue weighted by atomic mass is 9.87. The molecule has 1 saturated heterocycles. The van der Waals surface area contributed by atoms with Crippen LogP contribution in [0.5, 0.6) is 0 Å². The van der Waals surface area contributed by atoms with Crippen molar-refractivity contribution in [1.82, 2.24) is 10.3 Å². The van der Waals surface area contributed by atoms with Gasteiger partial charge >= 0.3 is 0 Å². The smallest absolute Gasteiger partial charge is 0.159 e. The molecule has 4 nitrogen and oxygen atoms in total. The van der Waals surface area contributed by atoms with Crippen molar-refractivity contribution in [3.63, 3.8) is 0 Å². The Kier molecular flexibility index (Phi) is 5.27. The van der Waals surface area contributed by atoms with Crippen molar-refractivity contribution >= 4 is 0 Å². The summed E-state index contributed by atoms with van der Waals surface area (Å²) in [5.74, 6) is 4.05. The fourth-order valence-electron chi connectivity index (χ4n) is 2.77. The van der Waals surface area contributed by atoms with E-state index in [1.807, 2.05) is 0 Å². The highest BCUT2D eigenvalue weighted by molar-refractivity contribution is 5.20.